The summed E-state index contributed by atoms with van der Waals surface area (Å²) in [6, 6.07) is 11.1. The first kappa shape index (κ1) is 24.5. The summed E-state index contributed by atoms with van der Waals surface area (Å²) in [7, 11) is -3.89. The second-order valence-corrected chi connectivity index (χ2v) is 10.3. The number of fused-ring (bicyclic) bond motifs is 1. The normalized spacial score (nSPS) is 16.9. The van der Waals surface area contributed by atoms with Gasteiger partial charge in [0.1, 0.15) is 17.9 Å². The molecule has 0 radical (unpaired) electrons. The minimum atomic E-state index is -3.89. The maximum atomic E-state index is 13.1. The molecule has 178 valence electrons. The van der Waals surface area contributed by atoms with Crippen LogP contribution in [0, 0.1) is 17.0 Å². The molecule has 33 heavy (non-hydrogen) atoms. The molecule has 1 unspecified atom stereocenters. The van der Waals surface area contributed by atoms with E-state index in [1.807, 2.05) is 38.1 Å². The highest BCUT2D eigenvalue weighted by Crippen LogP contribution is 2.42. The number of aryl methyl sites for hydroxylation is 1. The largest absolute Gasteiger partial charge is 0.487 e. The van der Waals surface area contributed by atoms with E-state index in [4.69, 9.17) is 4.74 Å². The molecule has 0 saturated carbocycles. The lowest BCUT2D eigenvalue weighted by atomic mass is 9.83. The SMILES string of the molecule is CCC1(CC)CC(NC(=O)CN(c2cc([N+](=O)[O-])ccc2C)S(C)(=O)=O)c2ccccc2O1. The molecule has 2 aromatic carbocycles. The highest BCUT2D eigenvalue weighted by Gasteiger charge is 2.39. The van der Waals surface area contributed by atoms with Crippen molar-refractivity contribution < 1.29 is 22.9 Å². The summed E-state index contributed by atoms with van der Waals surface area (Å²) in [6.45, 7) is 5.21. The smallest absolute Gasteiger partial charge is 0.271 e. The van der Waals surface area contributed by atoms with Gasteiger partial charge in [-0.15, -0.1) is 0 Å². The number of nitrogens with one attached hydrogen (secondary N) is 1. The first-order chi connectivity index (χ1) is 15.5. The molecule has 1 aliphatic heterocycles. The van der Waals surface area contributed by atoms with Crippen LogP contribution in [0.2, 0.25) is 0 Å². The number of rotatable bonds is 8. The number of sulfonamides is 1. The molecule has 0 bridgehead atoms. The first-order valence-electron chi connectivity index (χ1n) is 10.8. The molecule has 10 heteroatoms. The van der Waals surface area contributed by atoms with Gasteiger partial charge in [0.2, 0.25) is 15.9 Å². The van der Waals surface area contributed by atoms with Crippen molar-refractivity contribution in [2.24, 2.45) is 0 Å². The third-order valence-electron chi connectivity index (χ3n) is 6.18. The number of carbonyl (C=O) groups is 1. The van der Waals surface area contributed by atoms with E-state index in [1.54, 1.807) is 6.92 Å². The van der Waals surface area contributed by atoms with Crippen LogP contribution in [0.5, 0.6) is 5.75 Å². The molecule has 1 heterocycles. The van der Waals surface area contributed by atoms with Crippen molar-refractivity contribution in [3.8, 4) is 5.75 Å². The zero-order valence-corrected chi connectivity index (χ0v) is 20.0. The Labute approximate surface area is 193 Å². The summed E-state index contributed by atoms with van der Waals surface area (Å²) in [4.78, 5) is 23.7. The predicted octanol–water partition coefficient (Wildman–Crippen LogP) is 3.87. The van der Waals surface area contributed by atoms with Gasteiger partial charge in [-0.25, -0.2) is 8.42 Å². The Bertz CT molecular complexity index is 1160. The van der Waals surface area contributed by atoms with Gasteiger partial charge in [-0.1, -0.05) is 38.1 Å². The molecule has 1 amide bonds. The fraction of sp³-hybridized carbons (Fsp3) is 0.435. The van der Waals surface area contributed by atoms with E-state index in [-0.39, 0.29) is 17.4 Å². The number of ether oxygens (including phenoxy) is 1. The summed E-state index contributed by atoms with van der Waals surface area (Å²) in [6.07, 6.45) is 3.04. The van der Waals surface area contributed by atoms with Crippen LogP contribution in [0.25, 0.3) is 0 Å². The molecule has 2 aromatic rings. The summed E-state index contributed by atoms with van der Waals surface area (Å²) in [5, 5.41) is 14.2. The predicted molar refractivity (Wildman–Crippen MR) is 126 cm³/mol. The third-order valence-corrected chi connectivity index (χ3v) is 7.31. The third kappa shape index (κ3) is 5.27. The van der Waals surface area contributed by atoms with Crippen LogP contribution in [-0.2, 0) is 14.8 Å². The summed E-state index contributed by atoms with van der Waals surface area (Å²) in [5.41, 5.74) is 0.760. The van der Waals surface area contributed by atoms with Gasteiger partial charge in [-0.3, -0.25) is 19.2 Å². The van der Waals surface area contributed by atoms with Gasteiger partial charge in [-0.05, 0) is 31.4 Å². The number of amides is 1. The van der Waals surface area contributed by atoms with E-state index in [1.165, 1.54) is 18.2 Å². The highest BCUT2D eigenvalue weighted by molar-refractivity contribution is 7.92. The Balaban J connectivity index is 1.90. The van der Waals surface area contributed by atoms with E-state index < -0.39 is 33.0 Å². The van der Waals surface area contributed by atoms with Crippen molar-refractivity contribution in [1.82, 2.24) is 5.32 Å². The number of hydrogen-bond donors (Lipinski definition) is 1. The van der Waals surface area contributed by atoms with E-state index in [2.05, 4.69) is 5.32 Å². The molecule has 0 aliphatic carbocycles. The van der Waals surface area contributed by atoms with Crippen molar-refractivity contribution in [3.63, 3.8) is 0 Å². The van der Waals surface area contributed by atoms with Crippen LogP contribution in [0.4, 0.5) is 11.4 Å². The van der Waals surface area contributed by atoms with Crippen molar-refractivity contribution in [2.45, 2.75) is 51.7 Å². The number of nitro groups is 1. The fourth-order valence-corrected chi connectivity index (χ4v) is 5.07. The second kappa shape index (κ2) is 9.38. The van der Waals surface area contributed by atoms with Gasteiger partial charge >= 0.3 is 0 Å². The monoisotopic (exact) mass is 475 g/mol. The maximum Gasteiger partial charge on any atom is 0.271 e. The number of carbonyl (C=O) groups excluding carboxylic acids is 1. The molecule has 1 aliphatic rings. The Morgan fingerprint density at radius 3 is 2.52 bits per heavy atom. The molecular weight excluding hydrogens is 446 g/mol. The van der Waals surface area contributed by atoms with Gasteiger partial charge in [0, 0.05) is 24.1 Å². The molecule has 1 atom stereocenters. The van der Waals surface area contributed by atoms with Gasteiger partial charge in [0.05, 0.1) is 22.9 Å². The lowest BCUT2D eigenvalue weighted by Crippen LogP contribution is -2.47. The van der Waals surface area contributed by atoms with E-state index in [0.29, 0.717) is 17.7 Å². The zero-order chi connectivity index (χ0) is 24.4. The molecule has 1 N–H and O–H groups in total. The minimum Gasteiger partial charge on any atom is -0.487 e. The molecule has 9 nitrogen and oxygen atoms in total. The number of hydrogen-bond acceptors (Lipinski definition) is 6. The van der Waals surface area contributed by atoms with E-state index in [0.717, 1.165) is 29.0 Å². The number of non-ortho nitro benzene ring substituents is 1. The Morgan fingerprint density at radius 2 is 1.91 bits per heavy atom. The van der Waals surface area contributed by atoms with Gasteiger partial charge in [0.15, 0.2) is 0 Å². The quantitative estimate of drug-likeness (QED) is 0.457. The number of para-hydroxylation sites is 1. The van der Waals surface area contributed by atoms with Crippen molar-refractivity contribution in [1.29, 1.82) is 0 Å². The van der Waals surface area contributed by atoms with Crippen LogP contribution in [-0.4, -0.2) is 37.6 Å². The van der Waals surface area contributed by atoms with Crippen LogP contribution in [0.15, 0.2) is 42.5 Å². The van der Waals surface area contributed by atoms with Crippen LogP contribution in [0.3, 0.4) is 0 Å². The van der Waals surface area contributed by atoms with E-state index >= 15 is 0 Å². The summed E-state index contributed by atoms with van der Waals surface area (Å²) < 4.78 is 32.3. The number of nitro benzene ring substituents is 1. The lowest BCUT2D eigenvalue weighted by molar-refractivity contribution is -0.384. The summed E-state index contributed by atoms with van der Waals surface area (Å²) >= 11 is 0. The minimum absolute atomic E-state index is 0.102. The van der Waals surface area contributed by atoms with Gasteiger partial charge < -0.3 is 10.1 Å². The number of anilines is 1. The Morgan fingerprint density at radius 1 is 1.24 bits per heavy atom. The fourth-order valence-electron chi connectivity index (χ4n) is 4.16. The van der Waals surface area contributed by atoms with Crippen molar-refractivity contribution >= 4 is 27.3 Å². The first-order valence-corrected chi connectivity index (χ1v) is 12.6. The molecule has 3 rings (SSSR count). The van der Waals surface area contributed by atoms with Gasteiger partial charge in [-0.2, -0.15) is 0 Å². The van der Waals surface area contributed by atoms with Crippen molar-refractivity contribution in [3.05, 3.63) is 63.7 Å². The molecule has 0 saturated heterocycles. The number of benzene rings is 2. The standard InChI is InChI=1S/C23H29N3O6S/c1-5-23(6-2)14-19(18-9-7-8-10-21(18)32-23)24-22(27)15-25(33(4,30)31)20-13-17(26(28)29)12-11-16(20)3/h7-13,19H,5-6,14-15H2,1-4H3,(H,24,27). The summed E-state index contributed by atoms with van der Waals surface area (Å²) in [5.74, 6) is 0.196. The topological polar surface area (TPSA) is 119 Å². The Kier molecular flexibility index (Phi) is 6.97. The zero-order valence-electron chi connectivity index (χ0n) is 19.2. The lowest BCUT2D eigenvalue weighted by Gasteiger charge is -2.41. The average Bonchev–Trinajstić information content (AvgIpc) is 2.77. The molecular formula is C23H29N3O6S. The molecule has 0 spiro atoms. The van der Waals surface area contributed by atoms with Crippen LogP contribution >= 0.6 is 0 Å². The maximum absolute atomic E-state index is 13.1. The number of nitrogens with zero attached hydrogens (tertiary/aromatic N) is 2. The van der Waals surface area contributed by atoms with Gasteiger partial charge in [0.25, 0.3) is 5.69 Å². The highest BCUT2D eigenvalue weighted by atomic mass is 32.2. The van der Waals surface area contributed by atoms with E-state index in [9.17, 15) is 23.3 Å². The van der Waals surface area contributed by atoms with Crippen molar-refractivity contribution in [2.75, 3.05) is 17.1 Å². The molecule has 0 fully saturated rings. The van der Waals surface area contributed by atoms with Crippen LogP contribution in [0.1, 0.15) is 50.3 Å². The second-order valence-electron chi connectivity index (χ2n) is 8.35. The Hall–Kier alpha value is -3.14. The molecule has 0 aromatic heterocycles. The average molecular weight is 476 g/mol. The van der Waals surface area contributed by atoms with Crippen LogP contribution < -0.4 is 14.4 Å².